The molecule has 1 heterocycles. The summed E-state index contributed by atoms with van der Waals surface area (Å²) in [6.07, 6.45) is 4.43. The van der Waals surface area contributed by atoms with Gasteiger partial charge in [-0.05, 0) is 29.9 Å². The third kappa shape index (κ3) is 5.19. The van der Waals surface area contributed by atoms with Crippen LogP contribution < -0.4 is 16.0 Å². The first kappa shape index (κ1) is 20.1. The van der Waals surface area contributed by atoms with E-state index in [1.54, 1.807) is 11.3 Å². The molecule has 1 fully saturated rings. The Balaban J connectivity index is 1.41. The second-order valence-corrected chi connectivity index (χ2v) is 8.04. The summed E-state index contributed by atoms with van der Waals surface area (Å²) in [5, 5.41) is 9.91. The van der Waals surface area contributed by atoms with Gasteiger partial charge in [0.15, 0.2) is 0 Å². The monoisotopic (exact) mass is 399 g/mol. The number of rotatable bonds is 7. The molecule has 1 aromatic heterocycles. The van der Waals surface area contributed by atoms with Gasteiger partial charge in [0.1, 0.15) is 0 Å². The van der Waals surface area contributed by atoms with Gasteiger partial charge in [-0.25, -0.2) is 0 Å². The zero-order valence-corrected chi connectivity index (χ0v) is 16.5. The molecule has 0 bridgehead atoms. The maximum atomic E-state index is 12.2. The fourth-order valence-corrected chi connectivity index (χ4v) is 4.56. The van der Waals surface area contributed by atoms with Crippen molar-refractivity contribution in [1.29, 1.82) is 0 Å². The molecule has 6 nitrogen and oxygen atoms in total. The molecule has 2 aromatic rings. The van der Waals surface area contributed by atoms with E-state index in [9.17, 15) is 14.4 Å². The molecule has 3 N–H and O–H groups in total. The van der Waals surface area contributed by atoms with E-state index in [4.69, 9.17) is 0 Å². The van der Waals surface area contributed by atoms with Crippen LogP contribution in [0.3, 0.4) is 0 Å². The lowest BCUT2D eigenvalue weighted by Crippen LogP contribution is -2.46. The summed E-state index contributed by atoms with van der Waals surface area (Å²) < 4.78 is 0. The van der Waals surface area contributed by atoms with Crippen molar-refractivity contribution in [2.24, 2.45) is 0 Å². The molecule has 1 aliphatic rings. The van der Waals surface area contributed by atoms with Gasteiger partial charge < -0.3 is 16.0 Å². The number of amides is 3. The Kier molecular flexibility index (Phi) is 6.81. The van der Waals surface area contributed by atoms with E-state index in [2.05, 4.69) is 27.4 Å². The average molecular weight is 400 g/mol. The minimum absolute atomic E-state index is 0.000887. The minimum Gasteiger partial charge on any atom is -0.354 e. The van der Waals surface area contributed by atoms with Crippen LogP contribution in [0.1, 0.15) is 36.1 Å². The highest BCUT2D eigenvalue weighted by molar-refractivity contribution is 7.10. The smallest absolute Gasteiger partial charge is 0.309 e. The Morgan fingerprint density at radius 2 is 1.61 bits per heavy atom. The van der Waals surface area contributed by atoms with E-state index in [0.717, 1.165) is 31.2 Å². The van der Waals surface area contributed by atoms with Crippen LogP contribution >= 0.6 is 11.3 Å². The van der Waals surface area contributed by atoms with Crippen molar-refractivity contribution >= 4 is 29.1 Å². The van der Waals surface area contributed by atoms with Crippen LogP contribution in [0.25, 0.3) is 0 Å². The molecule has 0 radical (unpaired) electrons. The van der Waals surface area contributed by atoms with Crippen LogP contribution in [0.4, 0.5) is 0 Å². The first-order chi connectivity index (χ1) is 13.6. The van der Waals surface area contributed by atoms with Crippen molar-refractivity contribution in [3.05, 3.63) is 58.3 Å². The summed E-state index contributed by atoms with van der Waals surface area (Å²) in [5.74, 6) is -1.84. The van der Waals surface area contributed by atoms with Gasteiger partial charge in [-0.3, -0.25) is 14.4 Å². The van der Waals surface area contributed by atoms with Gasteiger partial charge in [0.25, 0.3) is 0 Å². The summed E-state index contributed by atoms with van der Waals surface area (Å²) >= 11 is 1.72. The zero-order valence-electron chi connectivity index (χ0n) is 15.7. The average Bonchev–Trinajstić information content (AvgIpc) is 3.42. The molecule has 0 unspecified atom stereocenters. The van der Waals surface area contributed by atoms with Gasteiger partial charge in [-0.1, -0.05) is 49.2 Å². The summed E-state index contributed by atoms with van der Waals surface area (Å²) in [5.41, 5.74) is 0.901. The van der Waals surface area contributed by atoms with E-state index < -0.39 is 11.8 Å². The number of carbonyl (C=O) groups is 3. The molecule has 1 aliphatic carbocycles. The fraction of sp³-hybridized carbons (Fsp3) is 0.381. The Hall–Kier alpha value is -2.67. The number of carbonyl (C=O) groups excluding carboxylic acids is 3. The maximum absolute atomic E-state index is 12.2. The molecule has 7 heteroatoms. The standard InChI is InChI=1S/C21H25N3O3S/c25-18(24-15-21(10-4-5-11-21)17-9-6-12-28-17)14-23-20(27)19(26)22-13-16-7-2-1-3-8-16/h1-3,6-9,12H,4-5,10-11,13-15H2,(H,22,26)(H,23,27)(H,24,25). The quantitative estimate of drug-likeness (QED) is 0.623. The highest BCUT2D eigenvalue weighted by Crippen LogP contribution is 2.42. The van der Waals surface area contributed by atoms with Crippen LogP contribution in [-0.2, 0) is 26.3 Å². The molecule has 148 valence electrons. The first-order valence-electron chi connectivity index (χ1n) is 9.50. The van der Waals surface area contributed by atoms with Gasteiger partial charge in [0.2, 0.25) is 5.91 Å². The highest BCUT2D eigenvalue weighted by Gasteiger charge is 2.36. The largest absolute Gasteiger partial charge is 0.354 e. The number of benzene rings is 1. The molecule has 3 amide bonds. The third-order valence-corrected chi connectivity index (χ3v) is 6.26. The number of nitrogens with one attached hydrogen (secondary N) is 3. The molecular weight excluding hydrogens is 374 g/mol. The SMILES string of the molecule is O=C(CNC(=O)C(=O)NCc1ccccc1)NCC1(c2cccs2)CCCC1. The van der Waals surface area contributed by atoms with Crippen molar-refractivity contribution in [1.82, 2.24) is 16.0 Å². The van der Waals surface area contributed by atoms with Crippen LogP contribution in [0, 0.1) is 0 Å². The third-order valence-electron chi connectivity index (χ3n) is 5.14. The number of thiophene rings is 1. The molecule has 0 saturated heterocycles. The van der Waals surface area contributed by atoms with E-state index in [0.29, 0.717) is 6.54 Å². The van der Waals surface area contributed by atoms with Gasteiger partial charge >= 0.3 is 11.8 Å². The van der Waals surface area contributed by atoms with E-state index in [-0.39, 0.29) is 24.4 Å². The van der Waals surface area contributed by atoms with E-state index in [1.807, 2.05) is 36.4 Å². The van der Waals surface area contributed by atoms with Crippen molar-refractivity contribution in [3.63, 3.8) is 0 Å². The van der Waals surface area contributed by atoms with Crippen molar-refractivity contribution in [2.75, 3.05) is 13.1 Å². The van der Waals surface area contributed by atoms with Crippen molar-refractivity contribution in [2.45, 2.75) is 37.6 Å². The van der Waals surface area contributed by atoms with Crippen LogP contribution in [-0.4, -0.2) is 30.8 Å². The first-order valence-corrected chi connectivity index (χ1v) is 10.4. The molecule has 28 heavy (non-hydrogen) atoms. The van der Waals surface area contributed by atoms with Crippen molar-refractivity contribution < 1.29 is 14.4 Å². The topological polar surface area (TPSA) is 87.3 Å². The van der Waals surface area contributed by atoms with Gasteiger partial charge in [0, 0.05) is 23.4 Å². The summed E-state index contributed by atoms with van der Waals surface area (Å²) in [6, 6.07) is 13.5. The number of hydrogen-bond acceptors (Lipinski definition) is 4. The predicted molar refractivity (Wildman–Crippen MR) is 109 cm³/mol. The maximum Gasteiger partial charge on any atom is 0.309 e. The normalized spacial score (nSPS) is 15.0. The molecular formula is C21H25N3O3S. The Morgan fingerprint density at radius 1 is 0.893 bits per heavy atom. The molecule has 1 aromatic carbocycles. The molecule has 0 aliphatic heterocycles. The molecule has 3 rings (SSSR count). The Morgan fingerprint density at radius 3 is 2.29 bits per heavy atom. The summed E-state index contributed by atoms with van der Waals surface area (Å²) in [6.45, 7) is 0.614. The van der Waals surface area contributed by atoms with Gasteiger partial charge in [-0.15, -0.1) is 11.3 Å². The molecule has 0 spiro atoms. The molecule has 0 atom stereocenters. The van der Waals surface area contributed by atoms with E-state index >= 15 is 0 Å². The van der Waals surface area contributed by atoms with Gasteiger partial charge in [0.05, 0.1) is 6.54 Å². The Labute approximate surface area is 168 Å². The van der Waals surface area contributed by atoms with Crippen LogP contribution in [0.5, 0.6) is 0 Å². The fourth-order valence-electron chi connectivity index (χ4n) is 3.57. The lowest BCUT2D eigenvalue weighted by molar-refractivity contribution is -0.139. The second-order valence-electron chi connectivity index (χ2n) is 7.09. The summed E-state index contributed by atoms with van der Waals surface area (Å²) in [7, 11) is 0. The predicted octanol–water partition coefficient (Wildman–Crippen LogP) is 2.11. The lowest BCUT2D eigenvalue weighted by atomic mass is 9.84. The van der Waals surface area contributed by atoms with E-state index in [1.165, 1.54) is 4.88 Å². The number of hydrogen-bond donors (Lipinski definition) is 3. The highest BCUT2D eigenvalue weighted by atomic mass is 32.1. The van der Waals surface area contributed by atoms with Crippen molar-refractivity contribution in [3.8, 4) is 0 Å². The Bertz CT molecular complexity index is 800. The van der Waals surface area contributed by atoms with Crippen LogP contribution in [0.2, 0.25) is 0 Å². The minimum atomic E-state index is -0.806. The summed E-state index contributed by atoms with van der Waals surface area (Å²) in [4.78, 5) is 37.2. The second kappa shape index (κ2) is 9.50. The lowest BCUT2D eigenvalue weighted by Gasteiger charge is -2.28. The zero-order chi connectivity index (χ0) is 19.8. The van der Waals surface area contributed by atoms with Gasteiger partial charge in [-0.2, -0.15) is 0 Å². The van der Waals surface area contributed by atoms with Crippen LogP contribution in [0.15, 0.2) is 47.8 Å². The molecule has 1 saturated carbocycles.